The van der Waals surface area contributed by atoms with E-state index in [1.54, 1.807) is 23.5 Å². The zero-order valence-corrected chi connectivity index (χ0v) is 14.9. The molecule has 1 amide bonds. The Labute approximate surface area is 148 Å². The number of aryl methyl sites for hydroxylation is 1. The zero-order chi connectivity index (χ0) is 17.1. The number of thiazole rings is 1. The second kappa shape index (κ2) is 6.95. The largest absolute Gasteiger partial charge is 0.345 e. The summed E-state index contributed by atoms with van der Waals surface area (Å²) >= 11 is 3.03. The molecule has 0 aliphatic carbocycles. The Morgan fingerprint density at radius 2 is 2.04 bits per heavy atom. The highest BCUT2D eigenvalue weighted by Gasteiger charge is 2.18. The molecule has 0 aliphatic heterocycles. The first-order valence-electron chi connectivity index (χ1n) is 7.40. The van der Waals surface area contributed by atoms with Crippen molar-refractivity contribution in [2.24, 2.45) is 0 Å². The van der Waals surface area contributed by atoms with E-state index in [4.69, 9.17) is 5.26 Å². The minimum Gasteiger partial charge on any atom is -0.345 e. The zero-order valence-electron chi connectivity index (χ0n) is 13.2. The van der Waals surface area contributed by atoms with Gasteiger partial charge in [0.2, 0.25) is 0 Å². The van der Waals surface area contributed by atoms with Crippen molar-refractivity contribution in [1.29, 1.82) is 5.26 Å². The predicted molar refractivity (Wildman–Crippen MR) is 97.2 cm³/mol. The third-order valence-corrected chi connectivity index (χ3v) is 5.82. The number of nitriles is 1. The first kappa shape index (κ1) is 16.4. The SMILES string of the molecule is Cc1nc(-c2cccs2)sc1C(=O)NC(C)c1ccc(C#N)cc1. The van der Waals surface area contributed by atoms with E-state index < -0.39 is 0 Å². The van der Waals surface area contributed by atoms with Gasteiger partial charge in [-0.3, -0.25) is 4.79 Å². The van der Waals surface area contributed by atoms with Gasteiger partial charge in [0.25, 0.3) is 5.91 Å². The molecule has 0 aliphatic rings. The Morgan fingerprint density at radius 3 is 2.67 bits per heavy atom. The molecule has 4 nitrogen and oxygen atoms in total. The van der Waals surface area contributed by atoms with Gasteiger partial charge in [-0.15, -0.1) is 22.7 Å². The molecular weight excluding hydrogens is 338 g/mol. The van der Waals surface area contributed by atoms with Crippen LogP contribution in [0.25, 0.3) is 9.88 Å². The summed E-state index contributed by atoms with van der Waals surface area (Å²) in [4.78, 5) is 18.8. The van der Waals surface area contributed by atoms with Crippen LogP contribution in [0.1, 0.15) is 39.5 Å². The molecule has 0 fully saturated rings. The first-order valence-corrected chi connectivity index (χ1v) is 9.10. The Kier molecular flexibility index (Phi) is 4.74. The summed E-state index contributed by atoms with van der Waals surface area (Å²) in [7, 11) is 0. The maximum Gasteiger partial charge on any atom is 0.263 e. The highest BCUT2D eigenvalue weighted by atomic mass is 32.1. The number of aromatic nitrogens is 1. The van der Waals surface area contributed by atoms with Crippen molar-refractivity contribution >= 4 is 28.6 Å². The Balaban J connectivity index is 1.76. The lowest BCUT2D eigenvalue weighted by Crippen LogP contribution is -2.26. The average Bonchev–Trinajstić information content (AvgIpc) is 3.24. The maximum absolute atomic E-state index is 12.6. The molecule has 1 aromatic carbocycles. The summed E-state index contributed by atoms with van der Waals surface area (Å²) in [6, 6.07) is 13.2. The number of thiophene rings is 1. The number of benzene rings is 1. The lowest BCUT2D eigenvalue weighted by atomic mass is 10.1. The van der Waals surface area contributed by atoms with Crippen LogP contribution in [0.2, 0.25) is 0 Å². The van der Waals surface area contributed by atoms with E-state index in [1.165, 1.54) is 11.3 Å². The highest BCUT2D eigenvalue weighted by molar-refractivity contribution is 7.22. The lowest BCUT2D eigenvalue weighted by Gasteiger charge is -2.13. The van der Waals surface area contributed by atoms with Crippen LogP contribution >= 0.6 is 22.7 Å². The number of hydrogen-bond donors (Lipinski definition) is 1. The van der Waals surface area contributed by atoms with Crippen molar-refractivity contribution in [2.45, 2.75) is 19.9 Å². The normalized spacial score (nSPS) is 11.7. The van der Waals surface area contributed by atoms with Gasteiger partial charge in [0.05, 0.1) is 28.2 Å². The van der Waals surface area contributed by atoms with Crippen LogP contribution in [-0.2, 0) is 0 Å². The van der Waals surface area contributed by atoms with E-state index >= 15 is 0 Å². The molecule has 0 spiro atoms. The minimum atomic E-state index is -0.142. The lowest BCUT2D eigenvalue weighted by molar-refractivity contribution is 0.0943. The monoisotopic (exact) mass is 353 g/mol. The molecule has 0 bridgehead atoms. The van der Waals surface area contributed by atoms with E-state index in [1.807, 2.05) is 43.5 Å². The maximum atomic E-state index is 12.6. The number of carbonyl (C=O) groups excluding carboxylic acids is 1. The number of amides is 1. The molecule has 120 valence electrons. The summed E-state index contributed by atoms with van der Waals surface area (Å²) in [6.07, 6.45) is 0. The van der Waals surface area contributed by atoms with E-state index in [9.17, 15) is 4.79 Å². The van der Waals surface area contributed by atoms with Gasteiger partial charge in [-0.05, 0) is 43.0 Å². The van der Waals surface area contributed by atoms with E-state index in [0.717, 1.165) is 21.1 Å². The van der Waals surface area contributed by atoms with Gasteiger partial charge in [-0.1, -0.05) is 18.2 Å². The van der Waals surface area contributed by atoms with Crippen LogP contribution in [0.5, 0.6) is 0 Å². The minimum absolute atomic E-state index is 0.121. The number of nitrogens with one attached hydrogen (secondary N) is 1. The fourth-order valence-corrected chi connectivity index (χ4v) is 4.07. The van der Waals surface area contributed by atoms with Crippen LogP contribution in [0.4, 0.5) is 0 Å². The summed E-state index contributed by atoms with van der Waals surface area (Å²) in [5.74, 6) is -0.121. The molecule has 0 radical (unpaired) electrons. The predicted octanol–water partition coefficient (Wildman–Crippen LogP) is 4.54. The molecule has 2 aromatic heterocycles. The molecular formula is C18H15N3OS2. The fraction of sp³-hybridized carbons (Fsp3) is 0.167. The van der Waals surface area contributed by atoms with Crippen molar-refractivity contribution in [3.05, 3.63) is 63.5 Å². The summed E-state index contributed by atoms with van der Waals surface area (Å²) in [5, 5.41) is 14.7. The Bertz CT molecular complexity index is 889. The third-order valence-electron chi connectivity index (χ3n) is 3.62. The van der Waals surface area contributed by atoms with Gasteiger partial charge in [0.15, 0.2) is 0 Å². The third kappa shape index (κ3) is 3.37. The topological polar surface area (TPSA) is 65.8 Å². The fourth-order valence-electron chi connectivity index (χ4n) is 2.30. The number of hydrogen-bond acceptors (Lipinski definition) is 5. The summed E-state index contributed by atoms with van der Waals surface area (Å²) < 4.78 is 0. The Hall–Kier alpha value is -2.49. The molecule has 0 saturated heterocycles. The highest BCUT2D eigenvalue weighted by Crippen LogP contribution is 2.31. The smallest absolute Gasteiger partial charge is 0.263 e. The molecule has 24 heavy (non-hydrogen) atoms. The molecule has 2 heterocycles. The average molecular weight is 353 g/mol. The van der Waals surface area contributed by atoms with Crippen molar-refractivity contribution in [3.8, 4) is 16.0 Å². The molecule has 0 saturated carbocycles. The number of nitrogens with zero attached hydrogens (tertiary/aromatic N) is 2. The molecule has 3 aromatic rings. The second-order valence-electron chi connectivity index (χ2n) is 5.34. The second-order valence-corrected chi connectivity index (χ2v) is 7.29. The number of rotatable bonds is 4. The molecule has 1 N–H and O–H groups in total. The van der Waals surface area contributed by atoms with Crippen molar-refractivity contribution in [2.75, 3.05) is 0 Å². The summed E-state index contributed by atoms with van der Waals surface area (Å²) in [6.45, 7) is 3.78. The molecule has 1 unspecified atom stereocenters. The van der Waals surface area contributed by atoms with Crippen LogP contribution in [-0.4, -0.2) is 10.9 Å². The van der Waals surface area contributed by atoms with Crippen LogP contribution in [0, 0.1) is 18.3 Å². The summed E-state index contributed by atoms with van der Waals surface area (Å²) in [5.41, 5.74) is 2.31. The van der Waals surface area contributed by atoms with Gasteiger partial charge in [0.1, 0.15) is 9.88 Å². The van der Waals surface area contributed by atoms with Crippen LogP contribution < -0.4 is 5.32 Å². The van der Waals surface area contributed by atoms with E-state index in [2.05, 4.69) is 16.4 Å². The van der Waals surface area contributed by atoms with Gasteiger partial charge >= 0.3 is 0 Å². The first-order chi connectivity index (χ1) is 11.6. The van der Waals surface area contributed by atoms with Crippen LogP contribution in [0.3, 0.4) is 0 Å². The quantitative estimate of drug-likeness (QED) is 0.749. The van der Waals surface area contributed by atoms with Crippen molar-refractivity contribution < 1.29 is 4.79 Å². The molecule has 3 rings (SSSR count). The number of carbonyl (C=O) groups is 1. The Morgan fingerprint density at radius 1 is 1.29 bits per heavy atom. The van der Waals surface area contributed by atoms with Gasteiger partial charge < -0.3 is 5.32 Å². The van der Waals surface area contributed by atoms with E-state index in [-0.39, 0.29) is 11.9 Å². The van der Waals surface area contributed by atoms with E-state index in [0.29, 0.717) is 10.4 Å². The van der Waals surface area contributed by atoms with Gasteiger partial charge in [-0.25, -0.2) is 4.98 Å². The molecule has 6 heteroatoms. The van der Waals surface area contributed by atoms with Crippen molar-refractivity contribution in [1.82, 2.24) is 10.3 Å². The standard InChI is InChI=1S/C18H15N3OS2/c1-11(14-7-5-13(10-19)6-8-14)20-17(22)16-12(2)21-18(24-16)15-4-3-9-23-15/h3-9,11H,1-2H3,(H,20,22). The molecule has 1 atom stereocenters. The van der Waals surface area contributed by atoms with Crippen molar-refractivity contribution in [3.63, 3.8) is 0 Å². The van der Waals surface area contributed by atoms with Gasteiger partial charge in [0, 0.05) is 0 Å². The van der Waals surface area contributed by atoms with Gasteiger partial charge in [-0.2, -0.15) is 5.26 Å². The van der Waals surface area contributed by atoms with Crippen LogP contribution in [0.15, 0.2) is 41.8 Å².